The van der Waals surface area contributed by atoms with E-state index in [1.54, 1.807) is 10.9 Å². The fourth-order valence-corrected chi connectivity index (χ4v) is 2.53. The number of rotatable bonds is 3. The molecule has 0 saturated carbocycles. The number of nitrogens with one attached hydrogen (secondary N) is 1. The first-order chi connectivity index (χ1) is 11.6. The molecule has 24 heavy (non-hydrogen) atoms. The molecule has 0 bridgehead atoms. The molecule has 0 aliphatic heterocycles. The van der Waals surface area contributed by atoms with Gasteiger partial charge >= 0.3 is 0 Å². The second-order valence-electron chi connectivity index (χ2n) is 5.44. The Balaban J connectivity index is 1.70. The lowest BCUT2D eigenvalue weighted by atomic mass is 10.3. The van der Waals surface area contributed by atoms with Crippen LogP contribution in [0, 0.1) is 6.92 Å². The summed E-state index contributed by atoms with van der Waals surface area (Å²) in [5.74, 6) is 1.65. The van der Waals surface area contributed by atoms with Crippen molar-refractivity contribution < 1.29 is 0 Å². The van der Waals surface area contributed by atoms with Crippen LogP contribution in [0.2, 0.25) is 0 Å². The van der Waals surface area contributed by atoms with E-state index in [-0.39, 0.29) is 5.95 Å². The molecule has 8 heteroatoms. The monoisotopic (exact) mass is 320 g/mol. The van der Waals surface area contributed by atoms with Gasteiger partial charge in [-0.3, -0.25) is 0 Å². The maximum Gasteiger partial charge on any atom is 0.224 e. The number of imidazole rings is 1. The molecule has 4 aromatic rings. The smallest absolute Gasteiger partial charge is 0.224 e. The van der Waals surface area contributed by atoms with Gasteiger partial charge in [-0.05, 0) is 37.3 Å². The van der Waals surface area contributed by atoms with E-state index >= 15 is 0 Å². The Morgan fingerprint density at radius 3 is 2.58 bits per heavy atom. The van der Waals surface area contributed by atoms with Crippen LogP contribution in [-0.2, 0) is 7.05 Å². The van der Waals surface area contributed by atoms with Crippen LogP contribution in [0.1, 0.15) is 5.82 Å². The summed E-state index contributed by atoms with van der Waals surface area (Å²) in [6, 6.07) is 9.74. The number of aryl methyl sites for hydroxylation is 2. The van der Waals surface area contributed by atoms with Crippen molar-refractivity contribution >= 4 is 28.6 Å². The molecule has 0 fully saturated rings. The average Bonchev–Trinajstić information content (AvgIpc) is 3.19. The molecule has 3 heterocycles. The topological polar surface area (TPSA) is 99.5 Å². The number of benzene rings is 1. The number of nitrogens with zero attached hydrogens (tertiary/aromatic N) is 6. The van der Waals surface area contributed by atoms with Crippen LogP contribution in [0.3, 0.4) is 0 Å². The molecule has 1 aromatic carbocycles. The Labute approximate surface area is 138 Å². The highest BCUT2D eigenvalue weighted by Crippen LogP contribution is 2.24. The fraction of sp³-hybridized carbons (Fsp3) is 0.125. The molecule has 0 unspecified atom stereocenters. The maximum absolute atomic E-state index is 5.83. The van der Waals surface area contributed by atoms with E-state index in [2.05, 4.69) is 25.4 Å². The standard InChI is InChI=1S/C16H16N8/c1-10-19-13-14(21-16(17)22-15(13)23(10)2)20-11-4-6-12(7-5-11)24-9-3-8-18-24/h3-9H,1-2H3,(H3,17,20,21,22). The minimum atomic E-state index is 0.209. The third-order valence-corrected chi connectivity index (χ3v) is 3.86. The van der Waals surface area contributed by atoms with Crippen LogP contribution in [0.25, 0.3) is 16.9 Å². The van der Waals surface area contributed by atoms with Crippen LogP contribution >= 0.6 is 0 Å². The van der Waals surface area contributed by atoms with Crippen molar-refractivity contribution in [1.29, 1.82) is 0 Å². The number of hydrogen-bond donors (Lipinski definition) is 2. The molecule has 0 saturated heterocycles. The van der Waals surface area contributed by atoms with Gasteiger partial charge in [-0.2, -0.15) is 15.1 Å². The summed E-state index contributed by atoms with van der Waals surface area (Å²) in [4.78, 5) is 13.1. The predicted molar refractivity (Wildman–Crippen MR) is 92.3 cm³/mol. The molecule has 8 nitrogen and oxygen atoms in total. The Morgan fingerprint density at radius 1 is 1.08 bits per heavy atom. The number of nitrogens with two attached hydrogens (primary N) is 1. The van der Waals surface area contributed by atoms with Gasteiger partial charge < -0.3 is 15.6 Å². The number of fused-ring (bicyclic) bond motifs is 1. The summed E-state index contributed by atoms with van der Waals surface area (Å²) >= 11 is 0. The van der Waals surface area contributed by atoms with Gasteiger partial charge in [0, 0.05) is 25.1 Å². The molecular formula is C16H16N8. The SMILES string of the molecule is Cc1nc2c(Nc3ccc(-n4cccn4)cc3)nc(N)nc2n1C. The van der Waals surface area contributed by atoms with Crippen LogP contribution < -0.4 is 11.1 Å². The van der Waals surface area contributed by atoms with Gasteiger partial charge in [0.1, 0.15) is 5.82 Å². The number of aromatic nitrogens is 6. The first-order valence-corrected chi connectivity index (χ1v) is 7.45. The molecule has 0 atom stereocenters. The minimum absolute atomic E-state index is 0.209. The van der Waals surface area contributed by atoms with Crippen LogP contribution in [0.5, 0.6) is 0 Å². The van der Waals surface area contributed by atoms with E-state index in [9.17, 15) is 0 Å². The molecular weight excluding hydrogens is 304 g/mol. The molecule has 0 aliphatic rings. The fourth-order valence-electron chi connectivity index (χ4n) is 2.53. The number of anilines is 3. The van der Waals surface area contributed by atoms with Crippen molar-refractivity contribution in [3.05, 3.63) is 48.5 Å². The first-order valence-electron chi connectivity index (χ1n) is 7.45. The van der Waals surface area contributed by atoms with Crippen molar-refractivity contribution in [2.45, 2.75) is 6.92 Å². The lowest BCUT2D eigenvalue weighted by molar-refractivity contribution is 0.874. The summed E-state index contributed by atoms with van der Waals surface area (Å²) in [6.45, 7) is 1.92. The minimum Gasteiger partial charge on any atom is -0.368 e. The zero-order valence-corrected chi connectivity index (χ0v) is 13.3. The highest BCUT2D eigenvalue weighted by atomic mass is 15.3. The van der Waals surface area contributed by atoms with Gasteiger partial charge in [0.2, 0.25) is 5.95 Å². The molecule has 4 rings (SSSR count). The first kappa shape index (κ1) is 14.2. The van der Waals surface area contributed by atoms with E-state index < -0.39 is 0 Å². The van der Waals surface area contributed by atoms with E-state index in [1.165, 1.54) is 0 Å². The normalized spacial score (nSPS) is 11.1. The van der Waals surface area contributed by atoms with E-state index in [1.807, 2.05) is 55.1 Å². The van der Waals surface area contributed by atoms with Gasteiger partial charge in [-0.1, -0.05) is 0 Å². The molecule has 0 spiro atoms. The van der Waals surface area contributed by atoms with Crippen LogP contribution in [-0.4, -0.2) is 29.3 Å². The second kappa shape index (κ2) is 5.34. The largest absolute Gasteiger partial charge is 0.368 e. The highest BCUT2D eigenvalue weighted by molar-refractivity contribution is 5.86. The Kier molecular flexibility index (Phi) is 3.16. The quantitative estimate of drug-likeness (QED) is 0.600. The van der Waals surface area contributed by atoms with Crippen molar-refractivity contribution in [2.75, 3.05) is 11.1 Å². The molecule has 120 valence electrons. The number of nitrogen functional groups attached to an aromatic ring is 1. The zero-order valence-electron chi connectivity index (χ0n) is 13.3. The van der Waals surface area contributed by atoms with Gasteiger partial charge in [0.05, 0.1) is 5.69 Å². The predicted octanol–water partition coefficient (Wildman–Crippen LogP) is 2.18. The molecule has 0 amide bonds. The molecule has 0 radical (unpaired) electrons. The van der Waals surface area contributed by atoms with Crippen LogP contribution in [0.15, 0.2) is 42.7 Å². The molecule has 3 aromatic heterocycles. The van der Waals surface area contributed by atoms with Gasteiger partial charge in [-0.15, -0.1) is 0 Å². The Morgan fingerprint density at radius 2 is 1.88 bits per heavy atom. The van der Waals surface area contributed by atoms with Crippen molar-refractivity contribution in [1.82, 2.24) is 29.3 Å². The summed E-state index contributed by atoms with van der Waals surface area (Å²) < 4.78 is 3.69. The van der Waals surface area contributed by atoms with Gasteiger partial charge in [0.15, 0.2) is 17.0 Å². The van der Waals surface area contributed by atoms with E-state index in [0.29, 0.717) is 17.0 Å². The van der Waals surface area contributed by atoms with Crippen molar-refractivity contribution in [3.8, 4) is 5.69 Å². The average molecular weight is 320 g/mol. The third kappa shape index (κ3) is 2.34. The summed E-state index contributed by atoms with van der Waals surface area (Å²) in [7, 11) is 1.90. The van der Waals surface area contributed by atoms with Gasteiger partial charge in [0.25, 0.3) is 0 Å². The lowest BCUT2D eigenvalue weighted by Gasteiger charge is -2.08. The zero-order chi connectivity index (χ0) is 16.7. The van der Waals surface area contributed by atoms with Crippen molar-refractivity contribution in [2.24, 2.45) is 7.05 Å². The maximum atomic E-state index is 5.83. The van der Waals surface area contributed by atoms with Crippen molar-refractivity contribution in [3.63, 3.8) is 0 Å². The third-order valence-electron chi connectivity index (χ3n) is 3.86. The lowest BCUT2D eigenvalue weighted by Crippen LogP contribution is -2.03. The highest BCUT2D eigenvalue weighted by Gasteiger charge is 2.13. The summed E-state index contributed by atoms with van der Waals surface area (Å²) in [5.41, 5.74) is 9.09. The van der Waals surface area contributed by atoms with E-state index in [0.717, 1.165) is 17.2 Å². The van der Waals surface area contributed by atoms with Gasteiger partial charge in [-0.25, -0.2) is 9.67 Å². The Hall–Kier alpha value is -3.42. The second-order valence-corrected chi connectivity index (χ2v) is 5.44. The molecule has 3 N–H and O–H groups in total. The number of hydrogen-bond acceptors (Lipinski definition) is 6. The summed E-state index contributed by atoms with van der Waals surface area (Å²) in [5, 5.41) is 7.48. The molecule has 0 aliphatic carbocycles. The van der Waals surface area contributed by atoms with Crippen LogP contribution in [0.4, 0.5) is 17.5 Å². The Bertz CT molecular complexity index is 999. The summed E-state index contributed by atoms with van der Waals surface area (Å²) in [6.07, 6.45) is 3.64. The van der Waals surface area contributed by atoms with E-state index in [4.69, 9.17) is 5.73 Å².